The Balaban J connectivity index is 2.46. The van der Waals surface area contributed by atoms with E-state index in [2.05, 4.69) is 10.9 Å². The first-order valence-corrected chi connectivity index (χ1v) is 7.50. The van der Waals surface area contributed by atoms with E-state index in [9.17, 15) is 9.59 Å². The molecule has 0 heterocycles. The Bertz CT molecular complexity index is 551. The van der Waals surface area contributed by atoms with Crippen molar-refractivity contribution in [2.75, 3.05) is 48.1 Å². The number of likely N-dealkylation sites (N-methyl/N-ethyl adjacent to an activating group) is 1. The molecule has 2 N–H and O–H groups in total. The van der Waals surface area contributed by atoms with Crippen LogP contribution in [0.5, 0.6) is 11.5 Å². The number of methoxy groups -OCH3 is 3. The highest BCUT2D eigenvalue weighted by molar-refractivity contribution is 5.96. The average Bonchev–Trinajstić information content (AvgIpc) is 2.59. The Kier molecular flexibility index (Phi) is 8.59. The largest absolute Gasteiger partial charge is 0.493 e. The molecule has 2 amide bonds. The quantitative estimate of drug-likeness (QED) is 0.501. The molecule has 134 valence electrons. The van der Waals surface area contributed by atoms with Crippen LogP contribution in [0.15, 0.2) is 18.2 Å². The number of nitrogens with one attached hydrogen (secondary N) is 2. The zero-order chi connectivity index (χ0) is 17.9. The molecular formula is C16H25N3O5. The minimum absolute atomic E-state index is 0.177. The van der Waals surface area contributed by atoms with E-state index in [1.54, 1.807) is 19.2 Å². The van der Waals surface area contributed by atoms with Gasteiger partial charge in [0.1, 0.15) is 0 Å². The predicted molar refractivity (Wildman–Crippen MR) is 89.1 cm³/mol. The Morgan fingerprint density at radius 2 is 1.79 bits per heavy atom. The third-order valence-corrected chi connectivity index (χ3v) is 3.26. The SMILES string of the molecule is COCCCN(C)CC(=O)NNC(=O)c1ccc(OC)c(OC)c1. The highest BCUT2D eigenvalue weighted by Gasteiger charge is 2.12. The second kappa shape index (κ2) is 10.5. The van der Waals surface area contributed by atoms with Crippen LogP contribution < -0.4 is 20.3 Å². The molecule has 1 aromatic rings. The summed E-state index contributed by atoms with van der Waals surface area (Å²) in [5.41, 5.74) is 5.11. The predicted octanol–water partition coefficient (Wildman–Crippen LogP) is 0.433. The first kappa shape index (κ1) is 19.7. The highest BCUT2D eigenvalue weighted by Crippen LogP contribution is 2.27. The molecule has 0 saturated carbocycles. The van der Waals surface area contributed by atoms with Crippen molar-refractivity contribution in [3.05, 3.63) is 23.8 Å². The molecule has 0 spiro atoms. The van der Waals surface area contributed by atoms with Gasteiger partial charge in [0.15, 0.2) is 11.5 Å². The number of benzene rings is 1. The second-order valence-corrected chi connectivity index (χ2v) is 5.16. The van der Waals surface area contributed by atoms with E-state index in [1.165, 1.54) is 20.3 Å². The lowest BCUT2D eigenvalue weighted by Crippen LogP contribution is -2.46. The van der Waals surface area contributed by atoms with Crippen LogP contribution in [-0.4, -0.2) is 64.8 Å². The molecule has 0 bridgehead atoms. The van der Waals surface area contributed by atoms with E-state index in [0.717, 1.165) is 13.0 Å². The molecule has 1 rings (SSSR count). The van der Waals surface area contributed by atoms with Crippen molar-refractivity contribution in [2.24, 2.45) is 0 Å². The Hall–Kier alpha value is -2.32. The van der Waals surface area contributed by atoms with E-state index < -0.39 is 5.91 Å². The first-order chi connectivity index (χ1) is 11.5. The summed E-state index contributed by atoms with van der Waals surface area (Å²) in [7, 11) is 6.46. The molecule has 0 aliphatic carbocycles. The molecule has 0 radical (unpaired) electrons. The molecule has 0 aromatic heterocycles. The Labute approximate surface area is 142 Å². The van der Waals surface area contributed by atoms with Crippen LogP contribution in [0.4, 0.5) is 0 Å². The number of nitrogens with zero attached hydrogens (tertiary/aromatic N) is 1. The molecule has 0 saturated heterocycles. The first-order valence-electron chi connectivity index (χ1n) is 7.50. The molecular weight excluding hydrogens is 314 g/mol. The van der Waals surface area contributed by atoms with Crippen molar-refractivity contribution in [1.29, 1.82) is 0 Å². The van der Waals surface area contributed by atoms with Crippen LogP contribution >= 0.6 is 0 Å². The molecule has 0 fully saturated rings. The summed E-state index contributed by atoms with van der Waals surface area (Å²) < 4.78 is 15.2. The summed E-state index contributed by atoms with van der Waals surface area (Å²) in [5.74, 6) is 0.222. The van der Waals surface area contributed by atoms with E-state index in [0.29, 0.717) is 23.7 Å². The molecule has 0 atom stereocenters. The van der Waals surface area contributed by atoms with E-state index in [-0.39, 0.29) is 12.5 Å². The van der Waals surface area contributed by atoms with Crippen LogP contribution in [-0.2, 0) is 9.53 Å². The van der Waals surface area contributed by atoms with Crippen molar-refractivity contribution in [3.8, 4) is 11.5 Å². The fraction of sp³-hybridized carbons (Fsp3) is 0.500. The van der Waals surface area contributed by atoms with Crippen molar-refractivity contribution in [2.45, 2.75) is 6.42 Å². The second-order valence-electron chi connectivity index (χ2n) is 5.16. The van der Waals surface area contributed by atoms with E-state index >= 15 is 0 Å². The van der Waals surface area contributed by atoms with Crippen LogP contribution in [0.25, 0.3) is 0 Å². The fourth-order valence-corrected chi connectivity index (χ4v) is 2.02. The lowest BCUT2D eigenvalue weighted by atomic mass is 10.2. The summed E-state index contributed by atoms with van der Waals surface area (Å²) in [4.78, 5) is 25.7. The molecule has 8 nitrogen and oxygen atoms in total. The lowest BCUT2D eigenvalue weighted by Gasteiger charge is -2.16. The standard InChI is InChI=1S/C16H25N3O5/c1-19(8-5-9-22-2)11-15(20)17-18-16(21)12-6-7-13(23-3)14(10-12)24-4/h6-7,10H,5,8-9,11H2,1-4H3,(H,17,20)(H,18,21). The summed E-state index contributed by atoms with van der Waals surface area (Å²) in [6.07, 6.45) is 0.832. The molecule has 24 heavy (non-hydrogen) atoms. The normalized spacial score (nSPS) is 10.4. The summed E-state index contributed by atoms with van der Waals surface area (Å²) in [5, 5.41) is 0. The van der Waals surface area contributed by atoms with Gasteiger partial charge in [0, 0.05) is 25.8 Å². The third kappa shape index (κ3) is 6.43. The van der Waals surface area contributed by atoms with Gasteiger partial charge in [-0.3, -0.25) is 25.3 Å². The van der Waals surface area contributed by atoms with Gasteiger partial charge in [-0.1, -0.05) is 0 Å². The third-order valence-electron chi connectivity index (χ3n) is 3.26. The number of rotatable bonds is 9. The van der Waals surface area contributed by atoms with Gasteiger partial charge in [0.05, 0.1) is 20.8 Å². The van der Waals surface area contributed by atoms with Crippen molar-refractivity contribution < 1.29 is 23.8 Å². The van der Waals surface area contributed by atoms with Gasteiger partial charge < -0.3 is 14.2 Å². The maximum Gasteiger partial charge on any atom is 0.269 e. The zero-order valence-corrected chi connectivity index (χ0v) is 14.5. The van der Waals surface area contributed by atoms with Gasteiger partial charge in [0.25, 0.3) is 11.8 Å². The average molecular weight is 339 g/mol. The van der Waals surface area contributed by atoms with Crippen LogP contribution in [0.2, 0.25) is 0 Å². The number of hydrogen-bond donors (Lipinski definition) is 2. The van der Waals surface area contributed by atoms with Gasteiger partial charge >= 0.3 is 0 Å². The highest BCUT2D eigenvalue weighted by atomic mass is 16.5. The molecule has 1 aromatic carbocycles. The monoisotopic (exact) mass is 339 g/mol. The number of hydrogen-bond acceptors (Lipinski definition) is 6. The smallest absolute Gasteiger partial charge is 0.269 e. The number of carbonyl (C=O) groups excluding carboxylic acids is 2. The van der Waals surface area contributed by atoms with Crippen LogP contribution in [0, 0.1) is 0 Å². The number of hydrazine groups is 1. The van der Waals surface area contributed by atoms with Crippen LogP contribution in [0.1, 0.15) is 16.8 Å². The minimum atomic E-state index is -0.439. The molecule has 0 unspecified atom stereocenters. The summed E-state index contributed by atoms with van der Waals surface area (Å²) in [6, 6.07) is 4.75. The molecule has 0 aliphatic rings. The van der Waals surface area contributed by atoms with Gasteiger partial charge in [0.2, 0.25) is 0 Å². The maximum atomic E-state index is 12.1. The minimum Gasteiger partial charge on any atom is -0.493 e. The Morgan fingerprint density at radius 3 is 2.42 bits per heavy atom. The van der Waals surface area contributed by atoms with Crippen molar-refractivity contribution in [3.63, 3.8) is 0 Å². The van der Waals surface area contributed by atoms with Crippen LogP contribution in [0.3, 0.4) is 0 Å². The summed E-state index contributed by atoms with van der Waals surface area (Å²) in [6.45, 7) is 1.54. The summed E-state index contributed by atoms with van der Waals surface area (Å²) >= 11 is 0. The van der Waals surface area contributed by atoms with E-state index in [4.69, 9.17) is 14.2 Å². The van der Waals surface area contributed by atoms with Gasteiger partial charge in [-0.15, -0.1) is 0 Å². The maximum absolute atomic E-state index is 12.1. The fourth-order valence-electron chi connectivity index (χ4n) is 2.02. The van der Waals surface area contributed by atoms with Gasteiger partial charge in [-0.25, -0.2) is 0 Å². The van der Waals surface area contributed by atoms with Gasteiger partial charge in [-0.2, -0.15) is 0 Å². The number of carbonyl (C=O) groups is 2. The molecule has 8 heteroatoms. The van der Waals surface area contributed by atoms with Crippen molar-refractivity contribution in [1.82, 2.24) is 15.8 Å². The number of amides is 2. The van der Waals surface area contributed by atoms with E-state index in [1.807, 2.05) is 11.9 Å². The molecule has 0 aliphatic heterocycles. The topological polar surface area (TPSA) is 89.1 Å². The lowest BCUT2D eigenvalue weighted by molar-refractivity contribution is -0.122. The zero-order valence-electron chi connectivity index (χ0n) is 14.5. The number of ether oxygens (including phenoxy) is 3. The Morgan fingerprint density at radius 1 is 1.08 bits per heavy atom. The van der Waals surface area contributed by atoms with Crippen molar-refractivity contribution >= 4 is 11.8 Å². The van der Waals surface area contributed by atoms with Gasteiger partial charge in [-0.05, 0) is 31.7 Å².